The minimum absolute atomic E-state index is 0.148. The van der Waals surface area contributed by atoms with Crippen LogP contribution in [-0.2, 0) is 0 Å². The molecule has 0 aliphatic carbocycles. The van der Waals surface area contributed by atoms with E-state index in [1.165, 1.54) is 0 Å². The molecule has 2 aromatic carbocycles. The SMILES string of the molecule is Cc1nc2cc(NC(=O)c3ccc(N(C)C)cc3)ccc2o1. The molecule has 5 nitrogen and oxygen atoms in total. The van der Waals surface area contributed by atoms with Crippen LogP contribution in [0.15, 0.2) is 46.9 Å². The first-order valence-electron chi connectivity index (χ1n) is 6.99. The molecular weight excluding hydrogens is 278 g/mol. The minimum Gasteiger partial charge on any atom is -0.441 e. The summed E-state index contributed by atoms with van der Waals surface area (Å²) in [6, 6.07) is 12.9. The van der Waals surface area contributed by atoms with E-state index in [0.717, 1.165) is 11.2 Å². The van der Waals surface area contributed by atoms with E-state index >= 15 is 0 Å². The lowest BCUT2D eigenvalue weighted by molar-refractivity contribution is 0.102. The average Bonchev–Trinajstić information content (AvgIpc) is 2.86. The summed E-state index contributed by atoms with van der Waals surface area (Å²) in [5.74, 6) is 0.461. The Kier molecular flexibility index (Phi) is 3.55. The van der Waals surface area contributed by atoms with Crippen LogP contribution in [0.25, 0.3) is 11.1 Å². The van der Waals surface area contributed by atoms with Crippen molar-refractivity contribution in [1.29, 1.82) is 0 Å². The lowest BCUT2D eigenvalue weighted by Gasteiger charge is -2.12. The molecule has 22 heavy (non-hydrogen) atoms. The highest BCUT2D eigenvalue weighted by molar-refractivity contribution is 6.05. The van der Waals surface area contributed by atoms with E-state index < -0.39 is 0 Å². The maximum absolute atomic E-state index is 12.3. The number of carbonyl (C=O) groups is 1. The van der Waals surface area contributed by atoms with Gasteiger partial charge in [0.1, 0.15) is 5.52 Å². The number of rotatable bonds is 3. The maximum Gasteiger partial charge on any atom is 0.255 e. The third-order valence-electron chi connectivity index (χ3n) is 3.40. The molecule has 0 atom stereocenters. The van der Waals surface area contributed by atoms with Crippen LogP contribution in [0, 0.1) is 6.92 Å². The third kappa shape index (κ3) is 2.79. The van der Waals surface area contributed by atoms with Crippen LogP contribution in [0.4, 0.5) is 11.4 Å². The fraction of sp³-hybridized carbons (Fsp3) is 0.176. The van der Waals surface area contributed by atoms with Crippen LogP contribution in [0.2, 0.25) is 0 Å². The Balaban J connectivity index is 1.79. The van der Waals surface area contributed by atoms with Crippen molar-refractivity contribution in [2.24, 2.45) is 0 Å². The smallest absolute Gasteiger partial charge is 0.255 e. The molecule has 5 heteroatoms. The Hall–Kier alpha value is -2.82. The van der Waals surface area contributed by atoms with E-state index in [0.29, 0.717) is 22.7 Å². The van der Waals surface area contributed by atoms with Gasteiger partial charge < -0.3 is 14.6 Å². The van der Waals surface area contributed by atoms with Gasteiger partial charge in [-0.25, -0.2) is 4.98 Å². The van der Waals surface area contributed by atoms with Crippen molar-refractivity contribution in [1.82, 2.24) is 4.98 Å². The predicted molar refractivity (Wildman–Crippen MR) is 87.5 cm³/mol. The molecule has 0 saturated heterocycles. The quantitative estimate of drug-likeness (QED) is 0.804. The Labute approximate surface area is 128 Å². The summed E-state index contributed by atoms with van der Waals surface area (Å²) in [5.41, 5.74) is 3.81. The summed E-state index contributed by atoms with van der Waals surface area (Å²) in [5, 5.41) is 2.87. The van der Waals surface area contributed by atoms with Crippen molar-refractivity contribution in [3.63, 3.8) is 0 Å². The van der Waals surface area contributed by atoms with Crippen LogP contribution in [0.3, 0.4) is 0 Å². The second-order valence-electron chi connectivity index (χ2n) is 5.31. The summed E-state index contributed by atoms with van der Waals surface area (Å²) < 4.78 is 5.42. The summed E-state index contributed by atoms with van der Waals surface area (Å²) >= 11 is 0. The van der Waals surface area contributed by atoms with Gasteiger partial charge in [-0.2, -0.15) is 0 Å². The Morgan fingerprint density at radius 1 is 1.14 bits per heavy atom. The molecule has 0 fully saturated rings. The molecule has 3 aromatic rings. The van der Waals surface area contributed by atoms with Crippen LogP contribution in [0.5, 0.6) is 0 Å². The van der Waals surface area contributed by atoms with Crippen molar-refractivity contribution in [2.75, 3.05) is 24.3 Å². The summed E-state index contributed by atoms with van der Waals surface area (Å²) in [6.07, 6.45) is 0. The van der Waals surface area contributed by atoms with Crippen LogP contribution >= 0.6 is 0 Å². The summed E-state index contributed by atoms with van der Waals surface area (Å²) in [6.45, 7) is 1.80. The molecule has 1 aromatic heterocycles. The number of nitrogens with one attached hydrogen (secondary N) is 1. The lowest BCUT2D eigenvalue weighted by atomic mass is 10.2. The van der Waals surface area contributed by atoms with Crippen LogP contribution < -0.4 is 10.2 Å². The predicted octanol–water partition coefficient (Wildman–Crippen LogP) is 3.45. The second kappa shape index (κ2) is 5.52. The monoisotopic (exact) mass is 295 g/mol. The highest BCUT2D eigenvalue weighted by Crippen LogP contribution is 2.20. The van der Waals surface area contributed by atoms with Crippen molar-refractivity contribution in [2.45, 2.75) is 6.92 Å². The number of nitrogens with zero attached hydrogens (tertiary/aromatic N) is 2. The first kappa shape index (κ1) is 14.1. The fourth-order valence-corrected chi connectivity index (χ4v) is 2.23. The van der Waals surface area contributed by atoms with Gasteiger partial charge >= 0.3 is 0 Å². The summed E-state index contributed by atoms with van der Waals surface area (Å²) in [4.78, 5) is 18.5. The molecule has 0 radical (unpaired) electrons. The topological polar surface area (TPSA) is 58.4 Å². The van der Waals surface area contributed by atoms with Crippen molar-refractivity contribution in [3.8, 4) is 0 Å². The van der Waals surface area contributed by atoms with Gasteiger partial charge in [0.2, 0.25) is 0 Å². The number of hydrogen-bond acceptors (Lipinski definition) is 4. The molecule has 1 heterocycles. The van der Waals surface area contributed by atoms with Gasteiger partial charge in [0.25, 0.3) is 5.91 Å². The average molecular weight is 295 g/mol. The molecule has 0 bridgehead atoms. The first-order chi connectivity index (χ1) is 10.5. The van der Waals surface area contributed by atoms with Gasteiger partial charge in [-0.05, 0) is 42.5 Å². The van der Waals surface area contributed by atoms with Gasteiger partial charge in [0.15, 0.2) is 11.5 Å². The summed E-state index contributed by atoms with van der Waals surface area (Å²) in [7, 11) is 3.92. The van der Waals surface area contributed by atoms with E-state index in [4.69, 9.17) is 4.42 Å². The van der Waals surface area contributed by atoms with Crippen molar-refractivity contribution < 1.29 is 9.21 Å². The molecule has 3 rings (SSSR count). The zero-order valence-electron chi connectivity index (χ0n) is 12.8. The standard InChI is InChI=1S/C17H17N3O2/c1-11-18-15-10-13(6-9-16(15)22-11)19-17(21)12-4-7-14(8-5-12)20(2)3/h4-10H,1-3H3,(H,19,21). The lowest BCUT2D eigenvalue weighted by Crippen LogP contribution is -2.13. The number of fused-ring (bicyclic) bond motifs is 1. The Morgan fingerprint density at radius 2 is 1.86 bits per heavy atom. The molecule has 1 N–H and O–H groups in total. The second-order valence-corrected chi connectivity index (χ2v) is 5.31. The Bertz CT molecular complexity index is 820. The fourth-order valence-electron chi connectivity index (χ4n) is 2.23. The zero-order chi connectivity index (χ0) is 15.7. The number of aryl methyl sites for hydroxylation is 1. The molecule has 0 aliphatic rings. The van der Waals surface area contributed by atoms with E-state index in [1.54, 1.807) is 25.1 Å². The zero-order valence-corrected chi connectivity index (χ0v) is 12.8. The van der Waals surface area contributed by atoms with Crippen molar-refractivity contribution >= 4 is 28.4 Å². The minimum atomic E-state index is -0.148. The molecule has 0 spiro atoms. The Morgan fingerprint density at radius 3 is 2.55 bits per heavy atom. The number of amides is 1. The normalized spacial score (nSPS) is 10.7. The number of oxazole rings is 1. The number of anilines is 2. The molecule has 1 amide bonds. The molecule has 112 valence electrons. The van der Waals surface area contributed by atoms with E-state index in [1.807, 2.05) is 43.3 Å². The van der Waals surface area contributed by atoms with E-state index in [9.17, 15) is 4.79 Å². The van der Waals surface area contributed by atoms with Gasteiger partial charge in [0, 0.05) is 38.0 Å². The van der Waals surface area contributed by atoms with E-state index in [-0.39, 0.29) is 5.91 Å². The number of carbonyl (C=O) groups excluding carboxylic acids is 1. The van der Waals surface area contributed by atoms with Crippen LogP contribution in [0.1, 0.15) is 16.2 Å². The highest BCUT2D eigenvalue weighted by atomic mass is 16.3. The number of hydrogen-bond donors (Lipinski definition) is 1. The largest absolute Gasteiger partial charge is 0.441 e. The maximum atomic E-state index is 12.3. The molecule has 0 unspecified atom stereocenters. The van der Waals surface area contributed by atoms with Gasteiger partial charge in [0.05, 0.1) is 0 Å². The third-order valence-corrected chi connectivity index (χ3v) is 3.40. The van der Waals surface area contributed by atoms with Gasteiger partial charge in [-0.3, -0.25) is 4.79 Å². The molecular formula is C17H17N3O2. The highest BCUT2D eigenvalue weighted by Gasteiger charge is 2.08. The molecule has 0 saturated carbocycles. The van der Waals surface area contributed by atoms with Gasteiger partial charge in [-0.1, -0.05) is 0 Å². The first-order valence-corrected chi connectivity index (χ1v) is 6.99. The molecule has 0 aliphatic heterocycles. The van der Waals surface area contributed by atoms with Crippen molar-refractivity contribution in [3.05, 3.63) is 53.9 Å². The van der Waals surface area contributed by atoms with Crippen LogP contribution in [-0.4, -0.2) is 25.0 Å². The number of aromatic nitrogens is 1. The van der Waals surface area contributed by atoms with E-state index in [2.05, 4.69) is 10.3 Å². The number of benzene rings is 2. The van der Waals surface area contributed by atoms with Gasteiger partial charge in [-0.15, -0.1) is 0 Å².